The first-order chi connectivity index (χ1) is 10.2. The Kier molecular flexibility index (Phi) is 44.6. The van der Waals surface area contributed by atoms with Gasteiger partial charge in [-0.2, -0.15) is 0 Å². The van der Waals surface area contributed by atoms with Gasteiger partial charge in [0, 0.05) is 20.1 Å². The van der Waals surface area contributed by atoms with Crippen LogP contribution in [-0.4, -0.2) is 20.3 Å². The van der Waals surface area contributed by atoms with Crippen LogP contribution in [-0.2, 0) is 20.1 Å². The van der Waals surface area contributed by atoms with E-state index >= 15 is 0 Å². The van der Waals surface area contributed by atoms with Gasteiger partial charge in [0.25, 0.3) is 0 Å². The van der Waals surface area contributed by atoms with Crippen LogP contribution in [0.1, 0.15) is 51.4 Å². The van der Waals surface area contributed by atoms with Crippen molar-refractivity contribution in [2.45, 2.75) is 51.4 Å². The maximum atomic E-state index is 9.91. The van der Waals surface area contributed by atoms with Crippen molar-refractivity contribution in [1.29, 1.82) is 0 Å². The Labute approximate surface area is 188 Å². The Morgan fingerprint density at radius 2 is 0.464 bits per heavy atom. The average Bonchev–Trinajstić information content (AvgIpc) is 2.23. The smallest absolute Gasteiger partial charge is 0 e. The molecule has 0 heterocycles. The van der Waals surface area contributed by atoms with Crippen molar-refractivity contribution >= 4 is 20.3 Å². The third-order valence-electron chi connectivity index (χ3n) is 2.67. The Morgan fingerprint density at radius 1 is 0.393 bits per heavy atom. The second-order valence-electron chi connectivity index (χ2n) is 4.83. The second-order valence-corrected chi connectivity index (χ2v) is 8.48. The third kappa shape index (κ3) is 63.5. The third-order valence-corrected chi connectivity index (χ3v) is 2.67. The molecule has 2 rings (SSSR count). The van der Waals surface area contributed by atoms with Gasteiger partial charge in [-0.3, -0.25) is 0 Å². The van der Waals surface area contributed by atoms with Crippen LogP contribution in [0.4, 0.5) is 14.1 Å². The SMILES string of the molecule is C1=CCCC=CCC1.C1=CCCC=CCC1.[CH3-].[CH3-].[CH3-].[CH3-].[F-].[F][Sb]([F])([F])([F])[F].[Ir]. The van der Waals surface area contributed by atoms with E-state index in [9.17, 15) is 14.1 Å². The quantitative estimate of drug-likeness (QED) is 0.128. The number of rotatable bonds is 0. The molecule has 0 N–H and O–H groups in total. The van der Waals surface area contributed by atoms with E-state index < -0.39 is 20.3 Å². The van der Waals surface area contributed by atoms with Gasteiger partial charge in [0.2, 0.25) is 0 Å². The molecule has 0 aliphatic heterocycles. The van der Waals surface area contributed by atoms with Crippen molar-refractivity contribution in [2.24, 2.45) is 0 Å². The molecule has 0 bridgehead atoms. The van der Waals surface area contributed by atoms with Gasteiger partial charge < -0.3 is 34.4 Å². The summed E-state index contributed by atoms with van der Waals surface area (Å²) in [4.78, 5) is 0. The van der Waals surface area contributed by atoms with Crippen molar-refractivity contribution < 1.29 is 38.9 Å². The van der Waals surface area contributed by atoms with Crippen LogP contribution in [0.2, 0.25) is 0 Å². The van der Waals surface area contributed by atoms with E-state index in [1.807, 2.05) is 0 Å². The molecule has 0 aromatic rings. The zero-order valence-corrected chi connectivity index (χ0v) is 22.3. The summed E-state index contributed by atoms with van der Waals surface area (Å²) in [6, 6.07) is 0. The van der Waals surface area contributed by atoms with Crippen LogP contribution in [0.25, 0.3) is 0 Å². The van der Waals surface area contributed by atoms with Gasteiger partial charge in [0.05, 0.1) is 0 Å². The second kappa shape index (κ2) is 27.0. The number of halogens is 6. The molecule has 0 saturated heterocycles. The van der Waals surface area contributed by atoms with Crippen molar-refractivity contribution in [3.05, 3.63) is 78.3 Å². The van der Waals surface area contributed by atoms with Crippen LogP contribution in [0, 0.1) is 29.7 Å². The summed E-state index contributed by atoms with van der Waals surface area (Å²) < 4.78 is 49.6. The molecule has 0 aromatic heterocycles. The molecule has 1 radical (unpaired) electrons. The van der Waals surface area contributed by atoms with Crippen LogP contribution < -0.4 is 4.70 Å². The molecule has 0 amide bonds. The zero-order valence-electron chi connectivity index (χ0n) is 17.3. The first kappa shape index (κ1) is 46.3. The standard InChI is InChI=1S/2C8H12.4CH3.6FH.Ir.Sb/c2*1-2-4-6-8-7-5-3-1;;;;;;;;;;;;/h2*1-2,7-8H,3-6H2;4*1H3;6*1H;;/q;;4*-1;;;;;;;;+5/p-6. The molecule has 0 spiro atoms. The van der Waals surface area contributed by atoms with Crippen molar-refractivity contribution in [1.82, 2.24) is 0 Å². The molecule has 0 aromatic carbocycles. The number of hydrogen-bond acceptors (Lipinski definition) is 0. The largest absolute Gasteiger partial charge is 0 e. The first-order valence-electron chi connectivity index (χ1n) is 7.44. The minimum Gasteiger partial charge on any atom is 0 e. The Hall–Kier alpha value is 0.00753. The molecule has 28 heavy (non-hydrogen) atoms. The molecule has 0 atom stereocenters. The summed E-state index contributed by atoms with van der Waals surface area (Å²) >= 11 is -9.19. The van der Waals surface area contributed by atoms with E-state index in [1.165, 1.54) is 51.4 Å². The number of hydrogen-bond donors (Lipinski definition) is 0. The molecule has 177 valence electrons. The predicted octanol–water partition coefficient (Wildman–Crippen LogP) is 5.87. The van der Waals surface area contributed by atoms with E-state index in [0.29, 0.717) is 0 Å². The fourth-order valence-electron chi connectivity index (χ4n) is 1.71. The van der Waals surface area contributed by atoms with Crippen LogP contribution >= 0.6 is 0 Å². The van der Waals surface area contributed by atoms with Gasteiger partial charge in [-0.15, -0.1) is 0 Å². The fourth-order valence-corrected chi connectivity index (χ4v) is 1.71. The van der Waals surface area contributed by atoms with Crippen LogP contribution in [0.5, 0.6) is 0 Å². The van der Waals surface area contributed by atoms with Crippen molar-refractivity contribution in [3.8, 4) is 0 Å². The molecule has 0 fully saturated rings. The van der Waals surface area contributed by atoms with Gasteiger partial charge >= 0.3 is 34.4 Å². The Bertz CT molecular complexity index is 302. The molecule has 0 nitrogen and oxygen atoms in total. The van der Waals surface area contributed by atoms with E-state index in [4.69, 9.17) is 0 Å². The van der Waals surface area contributed by atoms with Gasteiger partial charge in [0.1, 0.15) is 0 Å². The van der Waals surface area contributed by atoms with Crippen LogP contribution in [0.3, 0.4) is 0 Å². The van der Waals surface area contributed by atoms with Crippen LogP contribution in [0.15, 0.2) is 48.6 Å². The monoisotopic (exact) mass is 704 g/mol. The van der Waals surface area contributed by atoms with Crippen molar-refractivity contribution in [2.75, 3.05) is 0 Å². The normalized spacial score (nSPS) is 15.5. The van der Waals surface area contributed by atoms with Gasteiger partial charge in [-0.25, -0.2) is 0 Å². The van der Waals surface area contributed by atoms with E-state index in [2.05, 4.69) is 48.6 Å². The summed E-state index contributed by atoms with van der Waals surface area (Å²) in [6.07, 6.45) is 28.0. The molecule has 2 aliphatic rings. The van der Waals surface area contributed by atoms with Gasteiger partial charge in [-0.05, 0) is 51.4 Å². The number of allylic oxidation sites excluding steroid dienone is 8. The van der Waals surface area contributed by atoms with E-state index in [0.717, 1.165) is 0 Å². The van der Waals surface area contributed by atoms with E-state index in [1.54, 1.807) is 0 Å². The summed E-state index contributed by atoms with van der Waals surface area (Å²) in [5.41, 5.74) is 0. The molecule has 8 heteroatoms. The Balaban J connectivity index is -0.0000000431. The maximum Gasteiger partial charge on any atom is 0 e. The molecular weight excluding hydrogens is 668 g/mol. The summed E-state index contributed by atoms with van der Waals surface area (Å²) in [5.74, 6) is 0. The molecular formula is C20H36F6IrSb-5. The van der Waals surface area contributed by atoms with Gasteiger partial charge in [-0.1, -0.05) is 48.6 Å². The predicted molar refractivity (Wildman–Crippen MR) is 110 cm³/mol. The molecule has 0 unspecified atom stereocenters. The fraction of sp³-hybridized carbons (Fsp3) is 0.400. The zero-order chi connectivity index (χ0) is 16.8. The van der Waals surface area contributed by atoms with Gasteiger partial charge in [0.15, 0.2) is 0 Å². The van der Waals surface area contributed by atoms with E-state index in [-0.39, 0.29) is 54.5 Å². The summed E-state index contributed by atoms with van der Waals surface area (Å²) in [5, 5.41) is 0. The van der Waals surface area contributed by atoms with Crippen molar-refractivity contribution in [3.63, 3.8) is 0 Å². The molecule has 2 aliphatic carbocycles. The summed E-state index contributed by atoms with van der Waals surface area (Å²) in [7, 11) is 0. The Morgan fingerprint density at radius 3 is 0.536 bits per heavy atom. The topological polar surface area (TPSA) is 0 Å². The minimum atomic E-state index is -9.19. The minimum absolute atomic E-state index is 0. The maximum absolute atomic E-state index is 9.91. The molecule has 0 saturated carbocycles. The average molecular weight is 704 g/mol. The summed E-state index contributed by atoms with van der Waals surface area (Å²) in [6.45, 7) is 0. The first-order valence-corrected chi connectivity index (χ1v) is 12.3.